The van der Waals surface area contributed by atoms with Gasteiger partial charge in [0.05, 0.1) is 0 Å². The summed E-state index contributed by atoms with van der Waals surface area (Å²) in [7, 11) is 0. The molecule has 0 atom stereocenters. The number of aryl methyl sites for hydroxylation is 1. The molecule has 0 saturated heterocycles. The normalized spacial score (nSPS) is 15.0. The average molecular weight is 416 g/mol. The van der Waals surface area contributed by atoms with Gasteiger partial charge in [-0.25, -0.2) is 4.99 Å². The lowest BCUT2D eigenvalue weighted by molar-refractivity contribution is -0.120. The highest BCUT2D eigenvalue weighted by Crippen LogP contribution is 2.19. The van der Waals surface area contributed by atoms with Gasteiger partial charge in [0.25, 0.3) is 11.8 Å². The van der Waals surface area contributed by atoms with Crippen LogP contribution in [0, 0.1) is 6.92 Å². The van der Waals surface area contributed by atoms with Gasteiger partial charge in [0.1, 0.15) is 5.70 Å². The van der Waals surface area contributed by atoms with Crippen LogP contribution in [-0.2, 0) is 4.79 Å². The fraction of sp³-hybridized carbons (Fsp3) is 0.0417. The van der Waals surface area contributed by atoms with Gasteiger partial charge in [-0.1, -0.05) is 71.8 Å². The van der Waals surface area contributed by atoms with Crippen molar-refractivity contribution in [1.82, 2.24) is 10.4 Å². The van der Waals surface area contributed by atoms with Crippen LogP contribution < -0.4 is 5.43 Å². The van der Waals surface area contributed by atoms with E-state index in [1.165, 1.54) is 5.01 Å². The quantitative estimate of drug-likeness (QED) is 0.634. The van der Waals surface area contributed by atoms with Crippen LogP contribution in [-0.4, -0.2) is 22.7 Å². The Kier molecular flexibility index (Phi) is 5.46. The van der Waals surface area contributed by atoms with E-state index in [4.69, 9.17) is 11.6 Å². The smallest absolute Gasteiger partial charge is 0.267 e. The van der Waals surface area contributed by atoms with Crippen LogP contribution in [0.2, 0.25) is 5.02 Å². The first kappa shape index (κ1) is 19.6. The number of benzene rings is 3. The van der Waals surface area contributed by atoms with E-state index >= 15 is 0 Å². The van der Waals surface area contributed by atoms with E-state index in [9.17, 15) is 9.59 Å². The summed E-state index contributed by atoms with van der Waals surface area (Å²) in [5, 5.41) is 1.70. The number of halogens is 1. The van der Waals surface area contributed by atoms with Crippen molar-refractivity contribution in [1.29, 1.82) is 0 Å². The zero-order valence-electron chi connectivity index (χ0n) is 16.2. The minimum Gasteiger partial charge on any atom is -0.267 e. The second-order valence-corrected chi connectivity index (χ2v) is 7.27. The number of carbonyl (C=O) groups is 2. The van der Waals surface area contributed by atoms with Crippen molar-refractivity contribution in [2.75, 3.05) is 0 Å². The van der Waals surface area contributed by atoms with Crippen molar-refractivity contribution in [3.05, 3.63) is 112 Å². The monoisotopic (exact) mass is 415 g/mol. The molecular weight excluding hydrogens is 398 g/mol. The zero-order chi connectivity index (χ0) is 21.1. The maximum absolute atomic E-state index is 13.1. The first-order valence-corrected chi connectivity index (χ1v) is 9.72. The number of aliphatic imine (C=N–C) groups is 1. The molecule has 4 rings (SSSR count). The molecule has 0 fully saturated rings. The number of amidine groups is 1. The minimum atomic E-state index is -0.461. The number of nitrogens with zero attached hydrogens (tertiary/aromatic N) is 2. The van der Waals surface area contributed by atoms with Crippen molar-refractivity contribution >= 4 is 35.3 Å². The van der Waals surface area contributed by atoms with Crippen molar-refractivity contribution in [3.8, 4) is 0 Å². The third-order valence-corrected chi connectivity index (χ3v) is 4.84. The Bertz CT molecular complexity index is 1150. The van der Waals surface area contributed by atoms with E-state index in [1.807, 2.05) is 61.5 Å². The molecule has 0 spiro atoms. The molecule has 1 aliphatic rings. The molecule has 1 heterocycles. The van der Waals surface area contributed by atoms with E-state index in [1.54, 1.807) is 30.3 Å². The molecule has 0 aromatic heterocycles. The van der Waals surface area contributed by atoms with Crippen LogP contribution in [0.1, 0.15) is 27.0 Å². The van der Waals surface area contributed by atoms with E-state index in [0.29, 0.717) is 22.0 Å². The first-order valence-electron chi connectivity index (χ1n) is 9.35. The summed E-state index contributed by atoms with van der Waals surface area (Å²) in [6.07, 6.45) is 1.70. The highest BCUT2D eigenvalue weighted by atomic mass is 35.5. The summed E-state index contributed by atoms with van der Waals surface area (Å²) in [5.41, 5.74) is 5.95. The van der Waals surface area contributed by atoms with Gasteiger partial charge in [-0.2, -0.15) is 5.01 Å². The lowest BCUT2D eigenvalue weighted by atomic mass is 10.1. The number of hydrazine groups is 1. The fourth-order valence-corrected chi connectivity index (χ4v) is 3.12. The van der Waals surface area contributed by atoms with Crippen molar-refractivity contribution in [2.24, 2.45) is 4.99 Å². The SMILES string of the molecule is Cc1ccc(/C=C2/N=C(c3ccccc3)N(C(=O)c3ccc(Cl)cc3)NC2=O)cc1. The van der Waals surface area contributed by atoms with Crippen LogP contribution in [0.3, 0.4) is 0 Å². The molecule has 0 unspecified atom stereocenters. The Hall–Kier alpha value is -3.70. The lowest BCUT2D eigenvalue weighted by Gasteiger charge is -2.28. The molecular formula is C24H18ClN3O2. The van der Waals surface area contributed by atoms with Gasteiger partial charge >= 0.3 is 0 Å². The topological polar surface area (TPSA) is 61.8 Å². The molecule has 0 radical (unpaired) electrons. The Morgan fingerprint density at radius 1 is 0.967 bits per heavy atom. The van der Waals surface area contributed by atoms with Crippen LogP contribution in [0.25, 0.3) is 6.08 Å². The van der Waals surface area contributed by atoms with Crippen LogP contribution in [0.5, 0.6) is 0 Å². The molecule has 6 heteroatoms. The van der Waals surface area contributed by atoms with Gasteiger partial charge in [0, 0.05) is 16.1 Å². The Morgan fingerprint density at radius 3 is 2.30 bits per heavy atom. The van der Waals surface area contributed by atoms with E-state index in [-0.39, 0.29) is 5.70 Å². The maximum atomic E-state index is 13.1. The van der Waals surface area contributed by atoms with Gasteiger partial charge in [-0.15, -0.1) is 0 Å². The minimum absolute atomic E-state index is 0.220. The summed E-state index contributed by atoms with van der Waals surface area (Å²) < 4.78 is 0. The van der Waals surface area contributed by atoms with E-state index in [2.05, 4.69) is 10.4 Å². The van der Waals surface area contributed by atoms with Crippen molar-refractivity contribution in [3.63, 3.8) is 0 Å². The molecule has 148 valence electrons. The standard InChI is InChI=1S/C24H18ClN3O2/c1-16-7-9-17(10-8-16)15-21-23(29)27-28(22(26-21)18-5-3-2-4-6-18)24(30)19-11-13-20(25)14-12-19/h2-15H,1H3,(H,27,29)/b21-15+. The molecule has 3 aromatic carbocycles. The fourth-order valence-electron chi connectivity index (χ4n) is 2.99. The Labute approximate surface area is 179 Å². The number of amides is 2. The third-order valence-electron chi connectivity index (χ3n) is 4.59. The summed E-state index contributed by atoms with van der Waals surface area (Å²) in [6, 6.07) is 23.5. The molecule has 3 aromatic rings. The van der Waals surface area contributed by atoms with Gasteiger partial charge in [0.15, 0.2) is 5.84 Å². The molecule has 0 bridgehead atoms. The highest BCUT2D eigenvalue weighted by Gasteiger charge is 2.30. The molecule has 0 saturated carbocycles. The van der Waals surface area contributed by atoms with Gasteiger partial charge in [0.2, 0.25) is 0 Å². The second-order valence-electron chi connectivity index (χ2n) is 6.83. The van der Waals surface area contributed by atoms with E-state index in [0.717, 1.165) is 11.1 Å². The van der Waals surface area contributed by atoms with Crippen LogP contribution >= 0.6 is 11.6 Å². The average Bonchev–Trinajstić information content (AvgIpc) is 2.77. The first-order chi connectivity index (χ1) is 14.5. The van der Waals surface area contributed by atoms with Gasteiger partial charge in [-0.05, 0) is 42.8 Å². The summed E-state index contributed by atoms with van der Waals surface area (Å²) in [4.78, 5) is 30.4. The lowest BCUT2D eigenvalue weighted by Crippen LogP contribution is -2.53. The third kappa shape index (κ3) is 4.16. The number of rotatable bonds is 3. The number of nitrogens with one attached hydrogen (secondary N) is 1. The van der Waals surface area contributed by atoms with Gasteiger partial charge in [-0.3, -0.25) is 15.0 Å². The summed E-state index contributed by atoms with van der Waals surface area (Å²) in [5.74, 6) is -0.525. The molecule has 1 aliphatic heterocycles. The van der Waals surface area contributed by atoms with Crippen LogP contribution in [0.4, 0.5) is 0 Å². The Morgan fingerprint density at radius 2 is 1.63 bits per heavy atom. The molecule has 0 aliphatic carbocycles. The largest absolute Gasteiger partial charge is 0.288 e. The van der Waals surface area contributed by atoms with Crippen LogP contribution in [0.15, 0.2) is 89.6 Å². The predicted molar refractivity (Wildman–Crippen MR) is 118 cm³/mol. The highest BCUT2D eigenvalue weighted by molar-refractivity contribution is 6.30. The number of hydrogen-bond donors (Lipinski definition) is 1. The molecule has 2 amide bonds. The zero-order valence-corrected chi connectivity index (χ0v) is 16.9. The molecule has 5 nitrogen and oxygen atoms in total. The number of carbonyl (C=O) groups excluding carboxylic acids is 2. The van der Waals surface area contributed by atoms with Crippen molar-refractivity contribution in [2.45, 2.75) is 6.92 Å². The molecule has 1 N–H and O–H groups in total. The van der Waals surface area contributed by atoms with Crippen molar-refractivity contribution < 1.29 is 9.59 Å². The van der Waals surface area contributed by atoms with Gasteiger partial charge < -0.3 is 0 Å². The predicted octanol–water partition coefficient (Wildman–Crippen LogP) is 4.62. The van der Waals surface area contributed by atoms with E-state index < -0.39 is 11.8 Å². The summed E-state index contributed by atoms with van der Waals surface area (Å²) in [6.45, 7) is 2.00. The Balaban J connectivity index is 1.77. The second kappa shape index (κ2) is 8.35. The number of hydrogen-bond acceptors (Lipinski definition) is 3. The summed E-state index contributed by atoms with van der Waals surface area (Å²) >= 11 is 5.93. The molecule has 30 heavy (non-hydrogen) atoms. The maximum Gasteiger partial charge on any atom is 0.288 e.